The topological polar surface area (TPSA) is 46.3 Å². The predicted octanol–water partition coefficient (Wildman–Crippen LogP) is 1.97. The first kappa shape index (κ1) is 8.90. The summed E-state index contributed by atoms with van der Waals surface area (Å²) >= 11 is 0. The van der Waals surface area contributed by atoms with E-state index in [0.29, 0.717) is 11.3 Å². The van der Waals surface area contributed by atoms with Crippen LogP contribution in [0.3, 0.4) is 0 Å². The second-order valence-corrected chi connectivity index (χ2v) is 2.77. The molecule has 1 aromatic carbocycles. The highest BCUT2D eigenvalue weighted by molar-refractivity contribution is 5.53. The van der Waals surface area contributed by atoms with Crippen molar-refractivity contribution in [2.75, 3.05) is 0 Å². The molecule has 1 aromatic heterocycles. The van der Waals surface area contributed by atoms with Gasteiger partial charge in [0.25, 0.3) is 0 Å². The molecule has 72 valence electrons. The van der Waals surface area contributed by atoms with Crippen molar-refractivity contribution in [3.63, 3.8) is 0 Å². The number of benzene rings is 1. The first-order valence-corrected chi connectivity index (χ1v) is 4.11. The van der Waals surface area contributed by atoms with E-state index in [1.807, 2.05) is 0 Å². The molecule has 0 aliphatic rings. The number of oxazole rings is 1. The minimum Gasteiger partial charge on any atom is -0.439 e. The molecule has 14 heavy (non-hydrogen) atoms. The van der Waals surface area contributed by atoms with Gasteiger partial charge in [-0.3, -0.25) is 0 Å². The highest BCUT2D eigenvalue weighted by Crippen LogP contribution is 2.21. The van der Waals surface area contributed by atoms with Crippen molar-refractivity contribution in [3.05, 3.63) is 42.0 Å². The highest BCUT2D eigenvalue weighted by atomic mass is 19.1. The van der Waals surface area contributed by atoms with Gasteiger partial charge in [-0.15, -0.1) is 0 Å². The lowest BCUT2D eigenvalue weighted by Gasteiger charge is -1.96. The lowest BCUT2D eigenvalue weighted by atomic mass is 10.2. The summed E-state index contributed by atoms with van der Waals surface area (Å²) < 4.78 is 18.3. The fraction of sp³-hybridized carbons (Fsp3) is 0.100. The molecule has 0 radical (unpaired) electrons. The summed E-state index contributed by atoms with van der Waals surface area (Å²) in [4.78, 5) is 3.85. The molecule has 0 atom stereocenters. The molecule has 0 unspecified atom stereocenters. The number of nitrogens with zero attached hydrogens (tertiary/aromatic N) is 1. The van der Waals surface area contributed by atoms with Gasteiger partial charge in [0.1, 0.15) is 18.2 Å². The van der Waals surface area contributed by atoms with Crippen LogP contribution in [-0.2, 0) is 6.61 Å². The smallest absolute Gasteiger partial charge is 0.229 e. The summed E-state index contributed by atoms with van der Waals surface area (Å²) in [5, 5.41) is 8.74. The average Bonchev–Trinajstić information content (AvgIpc) is 2.67. The lowest BCUT2D eigenvalue weighted by molar-refractivity contribution is 0.248. The number of aliphatic hydroxyl groups is 1. The van der Waals surface area contributed by atoms with Crippen LogP contribution in [0.1, 0.15) is 5.76 Å². The maximum Gasteiger partial charge on any atom is 0.229 e. The van der Waals surface area contributed by atoms with E-state index >= 15 is 0 Å². The molecular weight excluding hydrogens is 185 g/mol. The number of aromatic nitrogens is 1. The Labute approximate surface area is 79.8 Å². The van der Waals surface area contributed by atoms with Crippen molar-refractivity contribution >= 4 is 0 Å². The monoisotopic (exact) mass is 193 g/mol. The van der Waals surface area contributed by atoms with Crippen molar-refractivity contribution in [1.29, 1.82) is 0 Å². The van der Waals surface area contributed by atoms with Crippen molar-refractivity contribution in [2.24, 2.45) is 0 Å². The second kappa shape index (κ2) is 3.59. The summed E-state index contributed by atoms with van der Waals surface area (Å²) in [7, 11) is 0. The molecule has 0 amide bonds. The molecule has 1 heterocycles. The van der Waals surface area contributed by atoms with Crippen LogP contribution in [0.25, 0.3) is 11.5 Å². The number of hydrogen-bond acceptors (Lipinski definition) is 3. The normalized spacial score (nSPS) is 10.4. The van der Waals surface area contributed by atoms with Crippen LogP contribution in [0.4, 0.5) is 4.39 Å². The van der Waals surface area contributed by atoms with Gasteiger partial charge < -0.3 is 9.52 Å². The van der Waals surface area contributed by atoms with Gasteiger partial charge in [0.2, 0.25) is 5.89 Å². The van der Waals surface area contributed by atoms with E-state index in [4.69, 9.17) is 9.52 Å². The zero-order valence-corrected chi connectivity index (χ0v) is 7.27. The Hall–Kier alpha value is -1.68. The van der Waals surface area contributed by atoms with Crippen LogP contribution in [0.15, 0.2) is 34.9 Å². The molecule has 1 N–H and O–H groups in total. The fourth-order valence-corrected chi connectivity index (χ4v) is 1.14. The molecule has 3 nitrogen and oxygen atoms in total. The van der Waals surface area contributed by atoms with Gasteiger partial charge in [-0.05, 0) is 12.1 Å². The third-order valence-electron chi connectivity index (χ3n) is 1.81. The molecule has 0 saturated carbocycles. The Kier molecular flexibility index (Phi) is 2.28. The highest BCUT2D eigenvalue weighted by Gasteiger charge is 2.09. The van der Waals surface area contributed by atoms with Gasteiger partial charge >= 0.3 is 0 Å². The van der Waals surface area contributed by atoms with Crippen molar-refractivity contribution in [1.82, 2.24) is 4.98 Å². The summed E-state index contributed by atoms with van der Waals surface area (Å²) in [5.74, 6) is 0.120. The Bertz CT molecular complexity index is 439. The molecule has 0 bridgehead atoms. The van der Waals surface area contributed by atoms with Gasteiger partial charge in [0.05, 0.1) is 11.8 Å². The maximum atomic E-state index is 13.2. The average molecular weight is 193 g/mol. The van der Waals surface area contributed by atoms with Crippen LogP contribution in [0.5, 0.6) is 0 Å². The Morgan fingerprint density at radius 1 is 1.36 bits per heavy atom. The van der Waals surface area contributed by atoms with Crippen LogP contribution < -0.4 is 0 Å². The molecule has 2 aromatic rings. The van der Waals surface area contributed by atoms with Gasteiger partial charge in [-0.1, -0.05) is 12.1 Å². The van der Waals surface area contributed by atoms with Crippen molar-refractivity contribution < 1.29 is 13.9 Å². The molecule has 0 fully saturated rings. The standard InChI is InChI=1S/C10H8FNO2/c11-9-4-2-1-3-8(9)10-12-5-7(6-13)14-10/h1-5,13H,6H2. The van der Waals surface area contributed by atoms with E-state index in [0.717, 1.165) is 0 Å². The third kappa shape index (κ3) is 1.52. The van der Waals surface area contributed by atoms with E-state index in [1.165, 1.54) is 12.3 Å². The third-order valence-corrected chi connectivity index (χ3v) is 1.81. The Balaban J connectivity index is 2.44. The summed E-state index contributed by atoms with van der Waals surface area (Å²) in [5.41, 5.74) is 0.298. The van der Waals surface area contributed by atoms with E-state index in [2.05, 4.69) is 4.98 Å². The van der Waals surface area contributed by atoms with E-state index in [1.54, 1.807) is 18.2 Å². The van der Waals surface area contributed by atoms with Crippen molar-refractivity contribution in [3.8, 4) is 11.5 Å². The SMILES string of the molecule is OCc1cnc(-c2ccccc2F)o1. The molecule has 0 aliphatic carbocycles. The Morgan fingerprint density at radius 2 is 2.14 bits per heavy atom. The van der Waals surface area contributed by atoms with Gasteiger partial charge in [-0.2, -0.15) is 0 Å². The number of halogens is 1. The van der Waals surface area contributed by atoms with Crippen LogP contribution in [-0.4, -0.2) is 10.1 Å². The maximum absolute atomic E-state index is 13.2. The predicted molar refractivity (Wildman–Crippen MR) is 47.8 cm³/mol. The minimum absolute atomic E-state index is 0.187. The van der Waals surface area contributed by atoms with E-state index in [9.17, 15) is 4.39 Å². The fourth-order valence-electron chi connectivity index (χ4n) is 1.14. The van der Waals surface area contributed by atoms with E-state index in [-0.39, 0.29) is 18.3 Å². The number of rotatable bonds is 2. The zero-order valence-electron chi connectivity index (χ0n) is 7.27. The molecule has 4 heteroatoms. The number of hydrogen-bond donors (Lipinski definition) is 1. The first-order chi connectivity index (χ1) is 6.81. The first-order valence-electron chi connectivity index (χ1n) is 4.11. The van der Waals surface area contributed by atoms with Crippen LogP contribution in [0, 0.1) is 5.82 Å². The van der Waals surface area contributed by atoms with Gasteiger partial charge in [0, 0.05) is 0 Å². The van der Waals surface area contributed by atoms with Crippen LogP contribution in [0.2, 0.25) is 0 Å². The van der Waals surface area contributed by atoms with Gasteiger partial charge in [-0.25, -0.2) is 9.37 Å². The molecule has 0 aliphatic heterocycles. The van der Waals surface area contributed by atoms with E-state index < -0.39 is 0 Å². The summed E-state index contributed by atoms with van der Waals surface area (Å²) in [6.45, 7) is -0.235. The van der Waals surface area contributed by atoms with Crippen LogP contribution >= 0.6 is 0 Å². The number of aliphatic hydroxyl groups excluding tert-OH is 1. The zero-order chi connectivity index (χ0) is 9.97. The molecular formula is C10H8FNO2. The Morgan fingerprint density at radius 3 is 2.79 bits per heavy atom. The largest absolute Gasteiger partial charge is 0.439 e. The van der Waals surface area contributed by atoms with Crippen molar-refractivity contribution in [2.45, 2.75) is 6.61 Å². The van der Waals surface area contributed by atoms with Gasteiger partial charge in [0.15, 0.2) is 0 Å². The lowest BCUT2D eigenvalue weighted by Crippen LogP contribution is -1.82. The summed E-state index contributed by atoms with van der Waals surface area (Å²) in [6, 6.07) is 6.19. The minimum atomic E-state index is -0.390. The summed E-state index contributed by atoms with van der Waals surface area (Å²) in [6.07, 6.45) is 1.38. The molecule has 0 saturated heterocycles. The molecule has 2 rings (SSSR count). The second-order valence-electron chi connectivity index (χ2n) is 2.77. The molecule has 0 spiro atoms. The quantitative estimate of drug-likeness (QED) is 0.793.